The van der Waals surface area contributed by atoms with Gasteiger partial charge in [0.25, 0.3) is 0 Å². The summed E-state index contributed by atoms with van der Waals surface area (Å²) < 4.78 is 5.21. The molecule has 0 bridgehead atoms. The van der Waals surface area contributed by atoms with Gasteiger partial charge in [-0.25, -0.2) is 0 Å². The fourth-order valence-electron chi connectivity index (χ4n) is 2.98. The molecule has 1 aromatic carbocycles. The van der Waals surface area contributed by atoms with Gasteiger partial charge in [0.05, 0.1) is 6.54 Å². The van der Waals surface area contributed by atoms with Gasteiger partial charge in [-0.1, -0.05) is 49.3 Å². The summed E-state index contributed by atoms with van der Waals surface area (Å²) in [5, 5.41) is 3.91. The first-order valence-corrected chi connectivity index (χ1v) is 8.90. The standard InChI is InChI=1S/C19H24N4O3/c1-13(2)18-20-16(26-21-18)11-23-14(3)19(25)22(12-17(23)24)10-9-15-7-5-4-6-8-15/h4-8,13-14H,9-12H2,1-3H3/t14-/m1/s1. The third-order valence-electron chi connectivity index (χ3n) is 4.60. The molecule has 1 aliphatic heterocycles. The molecule has 7 nitrogen and oxygen atoms in total. The second kappa shape index (κ2) is 7.68. The molecule has 26 heavy (non-hydrogen) atoms. The SMILES string of the molecule is CC(C)c1noc(CN2C(=O)CN(CCc3ccccc3)C(=O)[C@H]2C)n1. The van der Waals surface area contributed by atoms with E-state index in [0.717, 1.165) is 12.0 Å². The largest absolute Gasteiger partial charge is 0.337 e. The van der Waals surface area contributed by atoms with Crippen molar-refractivity contribution in [3.05, 3.63) is 47.6 Å². The molecule has 1 atom stereocenters. The Morgan fingerprint density at radius 1 is 1.23 bits per heavy atom. The van der Waals surface area contributed by atoms with E-state index in [1.165, 1.54) is 4.90 Å². The Hall–Kier alpha value is -2.70. The molecule has 1 aromatic heterocycles. The Kier molecular flexibility index (Phi) is 5.35. The second-order valence-corrected chi connectivity index (χ2v) is 6.89. The van der Waals surface area contributed by atoms with Crippen LogP contribution in [0.2, 0.25) is 0 Å². The number of benzene rings is 1. The molecule has 138 valence electrons. The Morgan fingerprint density at radius 3 is 2.62 bits per heavy atom. The van der Waals surface area contributed by atoms with Crippen molar-refractivity contribution in [1.29, 1.82) is 0 Å². The van der Waals surface area contributed by atoms with E-state index in [2.05, 4.69) is 10.1 Å². The Labute approximate surface area is 153 Å². The summed E-state index contributed by atoms with van der Waals surface area (Å²) in [5.74, 6) is 0.961. The minimum Gasteiger partial charge on any atom is -0.337 e. The van der Waals surface area contributed by atoms with E-state index < -0.39 is 6.04 Å². The highest BCUT2D eigenvalue weighted by Crippen LogP contribution is 2.17. The molecule has 1 fully saturated rings. The van der Waals surface area contributed by atoms with Crippen LogP contribution >= 0.6 is 0 Å². The van der Waals surface area contributed by atoms with Crippen LogP contribution in [0.15, 0.2) is 34.9 Å². The highest BCUT2D eigenvalue weighted by atomic mass is 16.5. The van der Waals surface area contributed by atoms with Gasteiger partial charge in [0, 0.05) is 12.5 Å². The lowest BCUT2D eigenvalue weighted by Gasteiger charge is -2.38. The number of carbonyl (C=O) groups is 2. The van der Waals surface area contributed by atoms with Crippen LogP contribution in [0.3, 0.4) is 0 Å². The second-order valence-electron chi connectivity index (χ2n) is 6.89. The van der Waals surface area contributed by atoms with Crippen molar-refractivity contribution in [3.8, 4) is 0 Å². The molecule has 2 amide bonds. The zero-order valence-electron chi connectivity index (χ0n) is 15.4. The number of hydrogen-bond acceptors (Lipinski definition) is 5. The van der Waals surface area contributed by atoms with Gasteiger partial charge in [0.15, 0.2) is 5.82 Å². The summed E-state index contributed by atoms with van der Waals surface area (Å²) in [4.78, 5) is 32.7. The number of piperazine rings is 1. The topological polar surface area (TPSA) is 79.5 Å². The molecular weight excluding hydrogens is 332 g/mol. The van der Waals surface area contributed by atoms with Crippen LogP contribution in [0.1, 0.15) is 44.0 Å². The molecular formula is C19H24N4O3. The van der Waals surface area contributed by atoms with Crippen LogP contribution in [-0.2, 0) is 22.6 Å². The van der Waals surface area contributed by atoms with Gasteiger partial charge in [-0.3, -0.25) is 9.59 Å². The zero-order valence-corrected chi connectivity index (χ0v) is 15.4. The Bertz CT molecular complexity index is 772. The van der Waals surface area contributed by atoms with Crippen molar-refractivity contribution in [2.24, 2.45) is 0 Å². The molecule has 1 aliphatic rings. The van der Waals surface area contributed by atoms with Crippen molar-refractivity contribution in [3.63, 3.8) is 0 Å². The van der Waals surface area contributed by atoms with Crippen LogP contribution in [0.25, 0.3) is 0 Å². The average Bonchev–Trinajstić information content (AvgIpc) is 3.10. The highest BCUT2D eigenvalue weighted by Gasteiger charge is 2.37. The number of hydrogen-bond donors (Lipinski definition) is 0. The van der Waals surface area contributed by atoms with Crippen molar-refractivity contribution in [1.82, 2.24) is 19.9 Å². The number of aromatic nitrogens is 2. The first-order chi connectivity index (χ1) is 12.5. The van der Waals surface area contributed by atoms with Crippen LogP contribution < -0.4 is 0 Å². The van der Waals surface area contributed by atoms with Gasteiger partial charge >= 0.3 is 0 Å². The molecule has 0 saturated carbocycles. The molecule has 1 saturated heterocycles. The van der Waals surface area contributed by atoms with Gasteiger partial charge in [-0.15, -0.1) is 0 Å². The molecule has 0 unspecified atom stereocenters. The fourth-order valence-corrected chi connectivity index (χ4v) is 2.98. The third kappa shape index (κ3) is 3.92. The van der Waals surface area contributed by atoms with Crippen LogP contribution in [-0.4, -0.2) is 50.9 Å². The summed E-state index contributed by atoms with van der Waals surface area (Å²) >= 11 is 0. The number of amides is 2. The maximum absolute atomic E-state index is 12.7. The molecule has 3 rings (SSSR count). The quantitative estimate of drug-likeness (QED) is 0.791. The fraction of sp³-hybridized carbons (Fsp3) is 0.474. The molecule has 0 N–H and O–H groups in total. The average molecular weight is 356 g/mol. The first kappa shape index (κ1) is 18.1. The number of carbonyl (C=O) groups excluding carboxylic acids is 2. The lowest BCUT2D eigenvalue weighted by molar-refractivity contribution is -0.156. The van der Waals surface area contributed by atoms with Gasteiger partial charge < -0.3 is 14.3 Å². The highest BCUT2D eigenvalue weighted by molar-refractivity contribution is 5.94. The molecule has 7 heteroatoms. The predicted octanol–water partition coefficient (Wildman–Crippen LogP) is 2.00. The molecule has 2 heterocycles. The van der Waals surface area contributed by atoms with Gasteiger partial charge in [-0.05, 0) is 18.9 Å². The minimum atomic E-state index is -0.540. The zero-order chi connectivity index (χ0) is 18.7. The predicted molar refractivity (Wildman–Crippen MR) is 95.1 cm³/mol. The number of rotatable bonds is 6. The van der Waals surface area contributed by atoms with Crippen LogP contribution in [0.5, 0.6) is 0 Å². The summed E-state index contributed by atoms with van der Waals surface area (Å²) in [6.45, 7) is 6.47. The van der Waals surface area contributed by atoms with Crippen LogP contribution in [0.4, 0.5) is 0 Å². The lowest BCUT2D eigenvalue weighted by atomic mass is 10.1. The van der Waals surface area contributed by atoms with E-state index in [1.54, 1.807) is 11.8 Å². The van der Waals surface area contributed by atoms with E-state index in [9.17, 15) is 9.59 Å². The van der Waals surface area contributed by atoms with Crippen molar-refractivity contribution >= 4 is 11.8 Å². The van der Waals surface area contributed by atoms with Crippen molar-refractivity contribution < 1.29 is 14.1 Å². The maximum Gasteiger partial charge on any atom is 0.246 e. The van der Waals surface area contributed by atoms with E-state index in [4.69, 9.17) is 4.52 Å². The van der Waals surface area contributed by atoms with E-state index in [-0.39, 0.29) is 30.8 Å². The van der Waals surface area contributed by atoms with E-state index in [1.807, 2.05) is 44.2 Å². The van der Waals surface area contributed by atoms with Crippen molar-refractivity contribution in [2.45, 2.75) is 45.7 Å². The lowest BCUT2D eigenvalue weighted by Crippen LogP contribution is -2.58. The third-order valence-corrected chi connectivity index (χ3v) is 4.60. The van der Waals surface area contributed by atoms with Crippen LogP contribution in [0, 0.1) is 0 Å². The monoisotopic (exact) mass is 356 g/mol. The molecule has 0 aliphatic carbocycles. The van der Waals surface area contributed by atoms with Crippen molar-refractivity contribution in [2.75, 3.05) is 13.1 Å². The summed E-state index contributed by atoms with van der Waals surface area (Å²) in [5.41, 5.74) is 1.15. The van der Waals surface area contributed by atoms with Gasteiger partial charge in [0.1, 0.15) is 12.6 Å². The smallest absolute Gasteiger partial charge is 0.246 e. The minimum absolute atomic E-state index is 0.0517. The normalized spacial score (nSPS) is 18.1. The van der Waals surface area contributed by atoms with E-state index >= 15 is 0 Å². The van der Waals surface area contributed by atoms with Gasteiger partial charge in [-0.2, -0.15) is 4.98 Å². The van der Waals surface area contributed by atoms with Gasteiger partial charge in [0.2, 0.25) is 17.7 Å². The molecule has 2 aromatic rings. The number of nitrogens with zero attached hydrogens (tertiary/aromatic N) is 4. The first-order valence-electron chi connectivity index (χ1n) is 8.90. The summed E-state index contributed by atoms with van der Waals surface area (Å²) in [6, 6.07) is 9.40. The Morgan fingerprint density at radius 2 is 1.96 bits per heavy atom. The molecule has 0 spiro atoms. The summed E-state index contributed by atoms with van der Waals surface area (Å²) in [7, 11) is 0. The maximum atomic E-state index is 12.7. The molecule has 0 radical (unpaired) electrons. The summed E-state index contributed by atoms with van der Waals surface area (Å²) in [6.07, 6.45) is 0.730. The Balaban J connectivity index is 1.63. The van der Waals surface area contributed by atoms with E-state index in [0.29, 0.717) is 18.3 Å².